The van der Waals surface area contributed by atoms with E-state index in [0.717, 1.165) is 16.9 Å². The highest BCUT2D eigenvalue weighted by Gasteiger charge is 2.29. The minimum absolute atomic E-state index is 0.0578. The molecule has 0 heterocycles. The average molecular weight is 467 g/mol. The summed E-state index contributed by atoms with van der Waals surface area (Å²) < 4.78 is 0. The Kier molecular flexibility index (Phi) is 10.0. The molecule has 0 radical (unpaired) electrons. The summed E-state index contributed by atoms with van der Waals surface area (Å²) in [4.78, 5) is 28.7. The Morgan fingerprint density at radius 2 is 1.53 bits per heavy atom. The number of amides is 2. The largest absolute Gasteiger partial charge is 0.352 e. The number of nitrogens with one attached hydrogen (secondary N) is 1. The molecule has 0 spiro atoms. The summed E-state index contributed by atoms with van der Waals surface area (Å²) in [6, 6.07) is 14.2. The van der Waals surface area contributed by atoms with Crippen molar-refractivity contribution in [1.82, 2.24) is 10.2 Å². The topological polar surface area (TPSA) is 49.4 Å². The van der Waals surface area contributed by atoms with E-state index in [1.54, 1.807) is 29.2 Å². The van der Waals surface area contributed by atoms with E-state index in [1.165, 1.54) is 11.8 Å². The van der Waals surface area contributed by atoms with Gasteiger partial charge in [0.1, 0.15) is 6.04 Å². The molecule has 1 N–H and O–H groups in total. The molecule has 0 aliphatic carbocycles. The van der Waals surface area contributed by atoms with Gasteiger partial charge >= 0.3 is 0 Å². The molecule has 2 atom stereocenters. The first kappa shape index (κ1) is 24.6. The van der Waals surface area contributed by atoms with Gasteiger partial charge in [-0.3, -0.25) is 9.59 Å². The first-order valence-corrected chi connectivity index (χ1v) is 11.8. The Bertz CT molecular complexity index is 828. The van der Waals surface area contributed by atoms with Gasteiger partial charge in [-0.2, -0.15) is 0 Å². The number of thioether (sulfide) groups is 1. The zero-order valence-electron chi connectivity index (χ0n) is 17.5. The molecule has 2 aromatic rings. The third-order valence-electron chi connectivity index (χ3n) is 4.83. The van der Waals surface area contributed by atoms with Crippen molar-refractivity contribution < 1.29 is 9.59 Å². The summed E-state index contributed by atoms with van der Waals surface area (Å²) in [5, 5.41) is 4.31. The number of hydrogen-bond donors (Lipinski definition) is 1. The summed E-state index contributed by atoms with van der Waals surface area (Å²) in [5.74, 6) is 0.0317. The number of halogens is 2. The van der Waals surface area contributed by atoms with Crippen LogP contribution in [0.5, 0.6) is 0 Å². The summed E-state index contributed by atoms with van der Waals surface area (Å²) in [5.41, 5.74) is 0.930. The lowest BCUT2D eigenvalue weighted by molar-refractivity contribution is -0.139. The minimum atomic E-state index is -0.534. The fraction of sp³-hybridized carbons (Fsp3) is 0.391. The first-order chi connectivity index (χ1) is 14.3. The molecule has 2 aromatic carbocycles. The lowest BCUT2D eigenvalue weighted by Gasteiger charge is -2.31. The molecule has 0 saturated heterocycles. The van der Waals surface area contributed by atoms with E-state index in [-0.39, 0.29) is 23.6 Å². The van der Waals surface area contributed by atoms with Crippen molar-refractivity contribution >= 4 is 46.8 Å². The summed E-state index contributed by atoms with van der Waals surface area (Å²) in [6.07, 6.45) is 1.37. The zero-order chi connectivity index (χ0) is 22.1. The number of nitrogens with zero attached hydrogens (tertiary/aromatic N) is 1. The Labute approximate surface area is 193 Å². The normalized spacial score (nSPS) is 12.8. The first-order valence-electron chi connectivity index (χ1n) is 10.1. The summed E-state index contributed by atoms with van der Waals surface area (Å²) in [7, 11) is 0. The highest BCUT2D eigenvalue weighted by atomic mass is 35.5. The fourth-order valence-electron chi connectivity index (χ4n) is 2.91. The molecule has 0 bridgehead atoms. The van der Waals surface area contributed by atoms with Gasteiger partial charge in [0, 0.05) is 27.5 Å². The van der Waals surface area contributed by atoms with Gasteiger partial charge in [0.15, 0.2) is 0 Å². The highest BCUT2D eigenvalue weighted by Crippen LogP contribution is 2.22. The minimum Gasteiger partial charge on any atom is -0.352 e. The smallest absolute Gasteiger partial charge is 0.243 e. The van der Waals surface area contributed by atoms with Gasteiger partial charge in [0.25, 0.3) is 0 Å². The van der Waals surface area contributed by atoms with Gasteiger partial charge in [0.2, 0.25) is 11.8 Å². The van der Waals surface area contributed by atoms with Crippen LogP contribution < -0.4 is 5.32 Å². The molecular weight excluding hydrogens is 439 g/mol. The van der Waals surface area contributed by atoms with Crippen molar-refractivity contribution in [2.45, 2.75) is 57.1 Å². The second-order valence-electron chi connectivity index (χ2n) is 7.13. The van der Waals surface area contributed by atoms with Gasteiger partial charge in [0.05, 0.1) is 5.75 Å². The maximum atomic E-state index is 13.2. The Hall–Kier alpha value is -1.69. The van der Waals surface area contributed by atoms with Gasteiger partial charge in [-0.15, -0.1) is 11.8 Å². The molecule has 0 aliphatic heterocycles. The molecule has 0 saturated carbocycles. The second-order valence-corrected chi connectivity index (χ2v) is 9.05. The van der Waals surface area contributed by atoms with E-state index in [2.05, 4.69) is 5.32 Å². The fourth-order valence-corrected chi connectivity index (χ4v) is 3.94. The van der Waals surface area contributed by atoms with Crippen LogP contribution in [0, 0.1) is 0 Å². The molecule has 2 amide bonds. The molecular formula is C23H28Cl2N2O2S. The van der Waals surface area contributed by atoms with E-state index in [0.29, 0.717) is 23.0 Å². The monoisotopic (exact) mass is 466 g/mol. The molecule has 162 valence electrons. The Balaban J connectivity index is 2.19. The Morgan fingerprint density at radius 1 is 0.967 bits per heavy atom. The summed E-state index contributed by atoms with van der Waals surface area (Å²) in [6.45, 7) is 6.26. The van der Waals surface area contributed by atoms with Crippen LogP contribution in [0.3, 0.4) is 0 Å². The zero-order valence-corrected chi connectivity index (χ0v) is 19.9. The second kappa shape index (κ2) is 12.2. The predicted molar refractivity (Wildman–Crippen MR) is 126 cm³/mol. The molecule has 30 heavy (non-hydrogen) atoms. The molecule has 0 fully saturated rings. The van der Waals surface area contributed by atoms with Crippen LogP contribution in [0.2, 0.25) is 10.0 Å². The Morgan fingerprint density at radius 3 is 2.07 bits per heavy atom. The van der Waals surface area contributed by atoms with E-state index in [1.807, 2.05) is 45.0 Å². The maximum Gasteiger partial charge on any atom is 0.243 e. The number of hydrogen-bond acceptors (Lipinski definition) is 3. The summed E-state index contributed by atoms with van der Waals surface area (Å²) >= 11 is 13.4. The van der Waals surface area contributed by atoms with Gasteiger partial charge in [-0.1, -0.05) is 49.2 Å². The lowest BCUT2D eigenvalue weighted by Crippen LogP contribution is -2.51. The van der Waals surface area contributed by atoms with Crippen LogP contribution in [0.1, 0.15) is 39.2 Å². The molecule has 0 aliphatic rings. The number of rotatable bonds is 10. The van der Waals surface area contributed by atoms with Crippen LogP contribution in [-0.2, 0) is 16.1 Å². The molecule has 0 unspecified atom stereocenters. The molecule has 4 nitrogen and oxygen atoms in total. The quantitative estimate of drug-likeness (QED) is 0.449. The number of benzene rings is 2. The third-order valence-corrected chi connectivity index (χ3v) is 6.33. The van der Waals surface area contributed by atoms with Crippen LogP contribution in [0.15, 0.2) is 53.4 Å². The van der Waals surface area contributed by atoms with E-state index in [4.69, 9.17) is 23.2 Å². The van der Waals surface area contributed by atoms with Crippen LogP contribution in [-0.4, -0.2) is 34.6 Å². The number of carbonyl (C=O) groups is 2. The third kappa shape index (κ3) is 7.53. The van der Waals surface area contributed by atoms with Gasteiger partial charge in [-0.25, -0.2) is 0 Å². The molecule has 0 aromatic heterocycles. The van der Waals surface area contributed by atoms with E-state index >= 15 is 0 Å². The maximum absolute atomic E-state index is 13.2. The molecule has 2 rings (SSSR count). The van der Waals surface area contributed by atoms with Crippen molar-refractivity contribution in [2.24, 2.45) is 0 Å². The van der Waals surface area contributed by atoms with Crippen molar-refractivity contribution in [3.05, 3.63) is 64.1 Å². The number of carbonyl (C=O) groups excluding carboxylic acids is 2. The van der Waals surface area contributed by atoms with Crippen molar-refractivity contribution in [3.8, 4) is 0 Å². The lowest BCUT2D eigenvalue weighted by atomic mass is 10.1. The van der Waals surface area contributed by atoms with Gasteiger partial charge < -0.3 is 10.2 Å². The SMILES string of the molecule is CC[C@H](C(=O)N[C@@H](C)CC)N(Cc1ccc(Cl)cc1)C(=O)CSc1ccc(Cl)cc1. The van der Waals surface area contributed by atoms with E-state index < -0.39 is 6.04 Å². The van der Waals surface area contributed by atoms with E-state index in [9.17, 15) is 9.59 Å². The van der Waals surface area contributed by atoms with Crippen LogP contribution in [0.4, 0.5) is 0 Å². The van der Waals surface area contributed by atoms with Crippen LogP contribution >= 0.6 is 35.0 Å². The van der Waals surface area contributed by atoms with Gasteiger partial charge in [-0.05, 0) is 61.7 Å². The standard InChI is InChI=1S/C23H28Cl2N2O2S/c1-4-16(3)26-23(29)21(5-2)27(14-17-6-8-18(24)9-7-17)22(28)15-30-20-12-10-19(25)11-13-20/h6-13,16,21H,4-5,14-15H2,1-3H3,(H,26,29)/t16-,21+/m0/s1. The van der Waals surface area contributed by atoms with Crippen molar-refractivity contribution in [2.75, 3.05) is 5.75 Å². The van der Waals surface area contributed by atoms with Crippen molar-refractivity contribution in [3.63, 3.8) is 0 Å². The predicted octanol–water partition coefficient (Wildman–Crippen LogP) is 5.81. The molecule has 7 heteroatoms. The average Bonchev–Trinajstić information content (AvgIpc) is 2.74. The van der Waals surface area contributed by atoms with Crippen molar-refractivity contribution in [1.29, 1.82) is 0 Å². The van der Waals surface area contributed by atoms with Crippen LogP contribution in [0.25, 0.3) is 0 Å². The highest BCUT2D eigenvalue weighted by molar-refractivity contribution is 8.00.